The van der Waals surface area contributed by atoms with E-state index in [1.165, 1.54) is 19.2 Å². The lowest BCUT2D eigenvalue weighted by atomic mass is 10.1. The Bertz CT molecular complexity index is 937. The zero-order chi connectivity index (χ0) is 25.2. The van der Waals surface area contributed by atoms with Gasteiger partial charge >= 0.3 is 5.97 Å². The molecule has 1 heterocycles. The maximum Gasteiger partial charge on any atom is 0.326 e. The Hall–Kier alpha value is -2.88. The van der Waals surface area contributed by atoms with Crippen LogP contribution < -0.4 is 9.16 Å². The normalized spacial score (nSPS) is 16.6. The third-order valence-corrected chi connectivity index (χ3v) is 12.5. The van der Waals surface area contributed by atoms with Crippen LogP contribution in [0.25, 0.3) is 0 Å². The molecule has 1 saturated heterocycles. The molecular formula is C23H34N2O7Si. The molecule has 1 amide bonds. The molecule has 0 saturated carbocycles. The molecule has 1 fully saturated rings. The number of hydrogen-bond donors (Lipinski definition) is 1. The molecule has 0 aliphatic carbocycles. The fourth-order valence-corrected chi connectivity index (χ4v) is 10.3. The molecule has 0 spiro atoms. The maximum atomic E-state index is 13.3. The van der Waals surface area contributed by atoms with Crippen molar-refractivity contribution in [1.29, 1.82) is 0 Å². The molecule has 0 radical (unpaired) electrons. The van der Waals surface area contributed by atoms with Crippen LogP contribution in [0.5, 0.6) is 11.5 Å². The van der Waals surface area contributed by atoms with E-state index in [1.54, 1.807) is 0 Å². The van der Waals surface area contributed by atoms with Gasteiger partial charge in [0.25, 0.3) is 19.9 Å². The van der Waals surface area contributed by atoms with Gasteiger partial charge in [0.15, 0.2) is 11.5 Å². The van der Waals surface area contributed by atoms with E-state index >= 15 is 0 Å². The van der Waals surface area contributed by atoms with Crippen LogP contribution in [0.3, 0.4) is 0 Å². The summed E-state index contributed by atoms with van der Waals surface area (Å²) < 4.78 is 12.1. The molecule has 0 aromatic heterocycles. The highest BCUT2D eigenvalue weighted by Crippen LogP contribution is 2.46. The van der Waals surface area contributed by atoms with Gasteiger partial charge in [-0.05, 0) is 16.6 Å². The summed E-state index contributed by atoms with van der Waals surface area (Å²) in [6.07, 6.45) is 0.110. The lowest BCUT2D eigenvalue weighted by Crippen LogP contribution is -2.50. The van der Waals surface area contributed by atoms with E-state index in [2.05, 4.69) is 48.1 Å². The Morgan fingerprint density at radius 1 is 1.15 bits per heavy atom. The molecule has 182 valence electrons. The Morgan fingerprint density at radius 3 is 2.12 bits per heavy atom. The number of nitro benzene ring substituents is 1. The van der Waals surface area contributed by atoms with E-state index in [4.69, 9.17) is 9.16 Å². The number of aliphatic carboxylic acids is 1. The lowest BCUT2D eigenvalue weighted by molar-refractivity contribution is -0.385. The SMILES string of the molecule is C=C1CC(C(=O)O)N(C(=O)c2cc(OC)c(O[Si](C(C)C)(C(C)C)C(C)C)cc2[N+](=O)[O-])C1. The summed E-state index contributed by atoms with van der Waals surface area (Å²) in [5.74, 6) is -1.51. The van der Waals surface area contributed by atoms with Gasteiger partial charge in [0.1, 0.15) is 11.6 Å². The van der Waals surface area contributed by atoms with Crippen molar-refractivity contribution in [2.45, 2.75) is 70.6 Å². The molecule has 1 aromatic carbocycles. The van der Waals surface area contributed by atoms with Gasteiger partial charge in [0.2, 0.25) is 0 Å². The molecule has 33 heavy (non-hydrogen) atoms. The highest BCUT2D eigenvalue weighted by molar-refractivity contribution is 6.78. The van der Waals surface area contributed by atoms with E-state index < -0.39 is 36.8 Å². The Balaban J connectivity index is 2.64. The molecular weight excluding hydrogens is 444 g/mol. The van der Waals surface area contributed by atoms with Gasteiger partial charge < -0.3 is 19.2 Å². The van der Waals surface area contributed by atoms with Crippen molar-refractivity contribution in [3.05, 3.63) is 40.0 Å². The minimum Gasteiger partial charge on any atom is -0.540 e. The maximum absolute atomic E-state index is 13.3. The van der Waals surface area contributed by atoms with Crippen LogP contribution in [0.15, 0.2) is 24.3 Å². The van der Waals surface area contributed by atoms with Crippen LogP contribution in [-0.4, -0.2) is 54.8 Å². The molecule has 0 bridgehead atoms. The van der Waals surface area contributed by atoms with Crippen molar-refractivity contribution < 1.29 is 28.8 Å². The van der Waals surface area contributed by atoms with E-state index in [0.29, 0.717) is 5.57 Å². The minimum atomic E-state index is -2.47. The average molecular weight is 479 g/mol. The summed E-state index contributed by atoms with van der Waals surface area (Å²) in [6.45, 7) is 16.4. The molecule has 1 unspecified atom stereocenters. The predicted octanol–water partition coefficient (Wildman–Crippen LogP) is 5.01. The second kappa shape index (κ2) is 9.94. The number of benzene rings is 1. The van der Waals surface area contributed by atoms with Gasteiger partial charge in [-0.25, -0.2) is 4.79 Å². The predicted molar refractivity (Wildman–Crippen MR) is 128 cm³/mol. The Labute approximate surface area is 195 Å². The number of nitro groups is 1. The van der Waals surface area contributed by atoms with Gasteiger partial charge in [-0.2, -0.15) is 0 Å². The number of carboxylic acids is 1. The first-order chi connectivity index (χ1) is 15.3. The highest BCUT2D eigenvalue weighted by atomic mass is 28.4. The fraction of sp³-hybridized carbons (Fsp3) is 0.565. The molecule has 2 rings (SSSR count). The zero-order valence-corrected chi connectivity index (χ0v) is 21.4. The van der Waals surface area contributed by atoms with Crippen LogP contribution in [0.4, 0.5) is 5.69 Å². The van der Waals surface area contributed by atoms with Gasteiger partial charge in [-0.1, -0.05) is 53.7 Å². The summed E-state index contributed by atoms with van der Waals surface area (Å²) in [7, 11) is -1.06. The monoisotopic (exact) mass is 478 g/mol. The number of hydrogen-bond acceptors (Lipinski definition) is 6. The van der Waals surface area contributed by atoms with Crippen LogP contribution in [0.1, 0.15) is 58.3 Å². The number of ether oxygens (including phenoxy) is 1. The van der Waals surface area contributed by atoms with Crippen LogP contribution >= 0.6 is 0 Å². The summed E-state index contributed by atoms with van der Waals surface area (Å²) in [6, 6.07) is 1.41. The summed E-state index contributed by atoms with van der Waals surface area (Å²) >= 11 is 0. The van der Waals surface area contributed by atoms with Crippen molar-refractivity contribution in [1.82, 2.24) is 4.90 Å². The van der Waals surface area contributed by atoms with E-state index in [9.17, 15) is 24.8 Å². The molecule has 1 aliphatic rings. The zero-order valence-electron chi connectivity index (χ0n) is 20.4. The quantitative estimate of drug-likeness (QED) is 0.229. The lowest BCUT2D eigenvalue weighted by Gasteiger charge is -2.42. The van der Waals surface area contributed by atoms with Gasteiger partial charge in [-0.15, -0.1) is 0 Å². The molecule has 1 atom stereocenters. The van der Waals surface area contributed by atoms with Crippen molar-refractivity contribution in [3.63, 3.8) is 0 Å². The first-order valence-electron chi connectivity index (χ1n) is 11.0. The molecule has 1 N–H and O–H groups in total. The number of amides is 1. The minimum absolute atomic E-state index is 0.0254. The van der Waals surface area contributed by atoms with E-state index in [1.807, 2.05) is 0 Å². The number of methoxy groups -OCH3 is 1. The second-order valence-corrected chi connectivity index (χ2v) is 14.8. The number of carboxylic acid groups (broad SMARTS) is 1. The summed E-state index contributed by atoms with van der Waals surface area (Å²) in [5, 5.41) is 21.5. The summed E-state index contributed by atoms with van der Waals surface area (Å²) in [4.78, 5) is 37.3. The van der Waals surface area contributed by atoms with Crippen molar-refractivity contribution in [2.75, 3.05) is 13.7 Å². The topological polar surface area (TPSA) is 119 Å². The number of rotatable bonds is 9. The standard InChI is InChI=1S/C23H34N2O7Si/c1-13(2)33(14(3)4,15(5)6)32-21-11-18(25(29)30)17(10-20(21)31-8)22(26)24-12-16(7)9-19(24)23(27)28/h10-11,13-15,19H,7,9,12H2,1-6,8H3,(H,27,28). The second-order valence-electron chi connectivity index (χ2n) is 9.44. The molecule has 10 heteroatoms. The molecule has 1 aromatic rings. The van der Waals surface area contributed by atoms with Gasteiger partial charge in [-0.3, -0.25) is 14.9 Å². The highest BCUT2D eigenvalue weighted by Gasteiger charge is 2.48. The van der Waals surface area contributed by atoms with Crippen LogP contribution in [0, 0.1) is 10.1 Å². The Morgan fingerprint density at radius 2 is 1.70 bits per heavy atom. The fourth-order valence-electron chi connectivity index (χ4n) is 5.04. The summed E-state index contributed by atoms with van der Waals surface area (Å²) in [5.41, 5.74) is 0.540. The van der Waals surface area contributed by atoms with Crippen molar-refractivity contribution >= 4 is 25.9 Å². The van der Waals surface area contributed by atoms with Crippen LogP contribution in [0.2, 0.25) is 16.6 Å². The van der Waals surface area contributed by atoms with Crippen molar-refractivity contribution in [3.8, 4) is 11.5 Å². The Kier molecular flexibility index (Phi) is 7.94. The number of likely N-dealkylation sites (tertiary alicyclic amines) is 1. The third kappa shape index (κ3) is 4.90. The van der Waals surface area contributed by atoms with E-state index in [-0.39, 0.29) is 46.7 Å². The first-order valence-corrected chi connectivity index (χ1v) is 13.2. The first kappa shape index (κ1) is 26.4. The third-order valence-electron chi connectivity index (χ3n) is 6.50. The van der Waals surface area contributed by atoms with Crippen LogP contribution in [-0.2, 0) is 4.79 Å². The molecule has 9 nitrogen and oxygen atoms in total. The van der Waals surface area contributed by atoms with E-state index in [0.717, 1.165) is 4.90 Å². The largest absolute Gasteiger partial charge is 0.540 e. The number of carbonyl (C=O) groups is 2. The van der Waals surface area contributed by atoms with Gasteiger partial charge in [0.05, 0.1) is 18.1 Å². The smallest absolute Gasteiger partial charge is 0.326 e. The van der Waals surface area contributed by atoms with Gasteiger partial charge in [0, 0.05) is 19.0 Å². The van der Waals surface area contributed by atoms with Crippen molar-refractivity contribution in [2.24, 2.45) is 0 Å². The molecule has 1 aliphatic heterocycles. The average Bonchev–Trinajstić information content (AvgIpc) is 3.12. The number of nitrogens with zero attached hydrogens (tertiary/aromatic N) is 2. The number of carbonyl (C=O) groups excluding carboxylic acids is 1.